The van der Waals surface area contributed by atoms with Crippen LogP contribution >= 0.6 is 11.3 Å². The van der Waals surface area contributed by atoms with Crippen molar-refractivity contribution in [2.24, 2.45) is 0 Å². The van der Waals surface area contributed by atoms with Crippen LogP contribution in [0.2, 0.25) is 0 Å². The normalized spacial score (nSPS) is 12.2. The summed E-state index contributed by atoms with van der Waals surface area (Å²) in [5, 5.41) is 11.0. The first-order valence-corrected chi connectivity index (χ1v) is 8.06. The average Bonchev–Trinajstić information content (AvgIpc) is 2.93. The Hall–Kier alpha value is -1.56. The van der Waals surface area contributed by atoms with E-state index in [9.17, 15) is 9.59 Å². The van der Waals surface area contributed by atoms with Gasteiger partial charge in [0.2, 0.25) is 0 Å². The highest BCUT2D eigenvalue weighted by molar-refractivity contribution is 7.09. The number of nitrogens with zero attached hydrogens (tertiary/aromatic N) is 2. The van der Waals surface area contributed by atoms with Gasteiger partial charge in [0, 0.05) is 17.0 Å². The van der Waals surface area contributed by atoms with Crippen LogP contribution in [-0.2, 0) is 11.3 Å². The molecule has 0 fully saturated rings. The van der Waals surface area contributed by atoms with E-state index >= 15 is 0 Å². The van der Waals surface area contributed by atoms with Crippen molar-refractivity contribution in [3.63, 3.8) is 0 Å². The number of carboxylic acids is 1. The molecule has 0 bridgehead atoms. The van der Waals surface area contributed by atoms with E-state index < -0.39 is 5.97 Å². The van der Waals surface area contributed by atoms with Gasteiger partial charge >= 0.3 is 12.0 Å². The zero-order valence-corrected chi connectivity index (χ0v) is 13.9. The van der Waals surface area contributed by atoms with Crippen LogP contribution in [0.25, 0.3) is 0 Å². The molecule has 1 atom stereocenters. The summed E-state index contributed by atoms with van der Waals surface area (Å²) in [5.74, 6) is -0.983. The van der Waals surface area contributed by atoms with Gasteiger partial charge in [-0.15, -0.1) is 11.3 Å². The molecule has 0 saturated carbocycles. The molecular formula is C15H24N2O3S. The lowest BCUT2D eigenvalue weighted by Crippen LogP contribution is -2.50. The number of amides is 2. The van der Waals surface area contributed by atoms with Crippen LogP contribution in [0.1, 0.15) is 39.0 Å². The highest BCUT2D eigenvalue weighted by Gasteiger charge is 2.28. The van der Waals surface area contributed by atoms with Crippen molar-refractivity contribution in [1.82, 2.24) is 9.80 Å². The molecule has 1 heterocycles. The number of carboxylic acid groups (broad SMARTS) is 1. The smallest absolute Gasteiger partial charge is 0.323 e. The van der Waals surface area contributed by atoms with Crippen molar-refractivity contribution in [3.05, 3.63) is 22.4 Å². The van der Waals surface area contributed by atoms with Crippen LogP contribution in [-0.4, -0.2) is 45.5 Å². The van der Waals surface area contributed by atoms with Gasteiger partial charge in [-0.05, 0) is 38.6 Å². The second-order valence-corrected chi connectivity index (χ2v) is 6.39. The SMILES string of the molecule is CCC(C)N(CC(=O)O)C(=O)N(Cc1cccs1)C(C)C. The van der Waals surface area contributed by atoms with Crippen molar-refractivity contribution in [3.8, 4) is 0 Å². The fraction of sp³-hybridized carbons (Fsp3) is 0.600. The monoisotopic (exact) mass is 312 g/mol. The molecule has 1 unspecified atom stereocenters. The largest absolute Gasteiger partial charge is 0.480 e. The highest BCUT2D eigenvalue weighted by Crippen LogP contribution is 2.17. The van der Waals surface area contributed by atoms with Gasteiger partial charge in [0.15, 0.2) is 0 Å². The Morgan fingerprint density at radius 3 is 2.38 bits per heavy atom. The Balaban J connectivity index is 2.92. The highest BCUT2D eigenvalue weighted by atomic mass is 32.1. The Bertz CT molecular complexity index is 459. The lowest BCUT2D eigenvalue weighted by molar-refractivity contribution is -0.138. The minimum Gasteiger partial charge on any atom is -0.480 e. The van der Waals surface area contributed by atoms with Crippen LogP contribution in [0.5, 0.6) is 0 Å². The van der Waals surface area contributed by atoms with Gasteiger partial charge in [0.1, 0.15) is 6.54 Å². The lowest BCUT2D eigenvalue weighted by Gasteiger charge is -2.35. The van der Waals surface area contributed by atoms with E-state index in [-0.39, 0.29) is 24.7 Å². The first kappa shape index (κ1) is 17.5. The summed E-state index contributed by atoms with van der Waals surface area (Å²) in [4.78, 5) is 28.0. The van der Waals surface area contributed by atoms with E-state index in [1.54, 1.807) is 16.2 Å². The number of carbonyl (C=O) groups is 2. The van der Waals surface area contributed by atoms with Gasteiger partial charge in [-0.2, -0.15) is 0 Å². The second-order valence-electron chi connectivity index (χ2n) is 5.36. The molecule has 0 saturated heterocycles. The molecule has 6 heteroatoms. The van der Waals surface area contributed by atoms with Gasteiger partial charge in [0.05, 0.1) is 6.54 Å². The molecule has 5 nitrogen and oxygen atoms in total. The predicted octanol–water partition coefficient (Wildman–Crippen LogP) is 3.26. The van der Waals surface area contributed by atoms with Crippen LogP contribution in [0, 0.1) is 0 Å². The Morgan fingerprint density at radius 1 is 1.29 bits per heavy atom. The molecule has 0 aliphatic rings. The molecule has 0 radical (unpaired) electrons. The number of carbonyl (C=O) groups excluding carboxylic acids is 1. The minimum atomic E-state index is -0.983. The summed E-state index contributed by atoms with van der Waals surface area (Å²) in [6.07, 6.45) is 0.726. The fourth-order valence-electron chi connectivity index (χ4n) is 1.98. The maximum Gasteiger partial charge on any atom is 0.323 e. The van der Waals surface area contributed by atoms with E-state index in [1.165, 1.54) is 4.90 Å². The second kappa shape index (κ2) is 8.02. The van der Waals surface area contributed by atoms with E-state index in [0.717, 1.165) is 11.3 Å². The molecule has 1 N–H and O–H groups in total. The molecule has 0 aliphatic carbocycles. The average molecular weight is 312 g/mol. The van der Waals surface area contributed by atoms with Crippen LogP contribution in [0.15, 0.2) is 17.5 Å². The predicted molar refractivity (Wildman–Crippen MR) is 84.5 cm³/mol. The van der Waals surface area contributed by atoms with E-state index in [2.05, 4.69) is 0 Å². The number of rotatable bonds is 7. The molecule has 0 aliphatic heterocycles. The summed E-state index contributed by atoms with van der Waals surface area (Å²) >= 11 is 1.60. The lowest BCUT2D eigenvalue weighted by atomic mass is 10.2. The van der Waals surface area contributed by atoms with Gasteiger partial charge in [-0.3, -0.25) is 4.79 Å². The Kier molecular flexibility index (Phi) is 6.68. The first-order chi connectivity index (χ1) is 9.86. The molecule has 1 aromatic rings. The first-order valence-electron chi connectivity index (χ1n) is 7.18. The molecule has 118 valence electrons. The maximum absolute atomic E-state index is 12.7. The zero-order chi connectivity index (χ0) is 16.0. The van der Waals surface area contributed by atoms with Gasteiger partial charge in [-0.1, -0.05) is 13.0 Å². The van der Waals surface area contributed by atoms with Crippen molar-refractivity contribution in [1.29, 1.82) is 0 Å². The quantitative estimate of drug-likeness (QED) is 0.840. The zero-order valence-electron chi connectivity index (χ0n) is 13.1. The molecular weight excluding hydrogens is 288 g/mol. The van der Waals surface area contributed by atoms with E-state index in [4.69, 9.17) is 5.11 Å². The number of hydrogen-bond acceptors (Lipinski definition) is 3. The number of urea groups is 1. The van der Waals surface area contributed by atoms with Crippen molar-refractivity contribution in [2.75, 3.05) is 6.54 Å². The van der Waals surface area contributed by atoms with Crippen molar-refractivity contribution < 1.29 is 14.7 Å². The Labute approximate surface area is 130 Å². The third-order valence-corrected chi connectivity index (χ3v) is 4.31. The fourth-order valence-corrected chi connectivity index (χ4v) is 2.69. The topological polar surface area (TPSA) is 60.9 Å². The van der Waals surface area contributed by atoms with Crippen molar-refractivity contribution >= 4 is 23.3 Å². The third kappa shape index (κ3) is 5.04. The molecule has 1 aromatic heterocycles. The Morgan fingerprint density at radius 2 is 1.95 bits per heavy atom. The van der Waals surface area contributed by atoms with Crippen molar-refractivity contribution in [2.45, 2.75) is 52.7 Å². The standard InChI is InChI=1S/C15H24N2O3S/c1-5-12(4)17(10-14(18)19)15(20)16(11(2)3)9-13-7-6-8-21-13/h6-8,11-12H,5,9-10H2,1-4H3,(H,18,19). The summed E-state index contributed by atoms with van der Waals surface area (Å²) in [7, 11) is 0. The number of thiophene rings is 1. The van der Waals surface area contributed by atoms with E-state index in [1.807, 2.05) is 45.2 Å². The van der Waals surface area contributed by atoms with Crippen LogP contribution in [0.3, 0.4) is 0 Å². The number of hydrogen-bond donors (Lipinski definition) is 1. The summed E-state index contributed by atoms with van der Waals surface area (Å²) < 4.78 is 0. The molecule has 0 spiro atoms. The van der Waals surface area contributed by atoms with Gasteiger partial charge in [0.25, 0.3) is 0 Å². The van der Waals surface area contributed by atoms with Gasteiger partial charge in [-0.25, -0.2) is 4.79 Å². The minimum absolute atomic E-state index is 0.0138. The maximum atomic E-state index is 12.7. The molecule has 0 aromatic carbocycles. The van der Waals surface area contributed by atoms with E-state index in [0.29, 0.717) is 6.54 Å². The molecule has 1 rings (SSSR count). The summed E-state index contributed by atoms with van der Waals surface area (Å²) in [5.41, 5.74) is 0. The number of aliphatic carboxylic acids is 1. The molecule has 2 amide bonds. The molecule has 21 heavy (non-hydrogen) atoms. The van der Waals surface area contributed by atoms with Crippen LogP contribution in [0.4, 0.5) is 4.79 Å². The van der Waals surface area contributed by atoms with Crippen LogP contribution < -0.4 is 0 Å². The summed E-state index contributed by atoms with van der Waals surface area (Å²) in [6, 6.07) is 3.64. The van der Waals surface area contributed by atoms with Gasteiger partial charge < -0.3 is 14.9 Å². The third-order valence-electron chi connectivity index (χ3n) is 3.45. The summed E-state index contributed by atoms with van der Waals surface area (Å²) in [6.45, 7) is 7.97.